The van der Waals surface area contributed by atoms with Crippen LogP contribution < -0.4 is 0 Å². The first-order valence-corrected chi connectivity index (χ1v) is 4.68. The monoisotopic (exact) mass is 192 g/mol. The highest BCUT2D eigenvalue weighted by molar-refractivity contribution is 5.78. The second-order valence-corrected chi connectivity index (χ2v) is 3.67. The fourth-order valence-electron chi connectivity index (χ4n) is 1.33. The standard InChI is InChI=1S/C11H16N2O/c1-8(2)5-6-13-10(4)11(7-14)9(3)12-13/h5,7H,6H2,1-4H3. The molecule has 0 aliphatic rings. The number of carbonyl (C=O) groups excluding carboxylic acids is 1. The number of hydrogen-bond donors (Lipinski definition) is 0. The van der Waals surface area contributed by atoms with Gasteiger partial charge in [0.05, 0.1) is 17.8 Å². The average Bonchev–Trinajstić information content (AvgIpc) is 2.38. The molecule has 1 heterocycles. The summed E-state index contributed by atoms with van der Waals surface area (Å²) in [6.45, 7) is 8.61. The van der Waals surface area contributed by atoms with Crippen LogP contribution in [0.2, 0.25) is 0 Å². The van der Waals surface area contributed by atoms with Crippen LogP contribution in [0, 0.1) is 13.8 Å². The van der Waals surface area contributed by atoms with E-state index in [2.05, 4.69) is 11.2 Å². The van der Waals surface area contributed by atoms with Gasteiger partial charge in [-0.3, -0.25) is 9.48 Å². The van der Waals surface area contributed by atoms with E-state index in [1.165, 1.54) is 5.57 Å². The Hall–Kier alpha value is -1.38. The summed E-state index contributed by atoms with van der Waals surface area (Å²) in [7, 11) is 0. The van der Waals surface area contributed by atoms with Crippen LogP contribution in [0.1, 0.15) is 35.6 Å². The molecule has 0 fully saturated rings. The Morgan fingerprint density at radius 1 is 1.43 bits per heavy atom. The number of aryl methyl sites for hydroxylation is 1. The zero-order chi connectivity index (χ0) is 10.7. The summed E-state index contributed by atoms with van der Waals surface area (Å²) in [5.41, 5.74) is 3.71. The van der Waals surface area contributed by atoms with Crippen molar-refractivity contribution in [2.24, 2.45) is 0 Å². The van der Waals surface area contributed by atoms with E-state index in [1.807, 2.05) is 32.4 Å². The van der Waals surface area contributed by atoms with Gasteiger partial charge in [0.1, 0.15) is 0 Å². The molecule has 1 aromatic rings. The zero-order valence-electron chi connectivity index (χ0n) is 9.16. The number of rotatable bonds is 3. The molecule has 0 aliphatic carbocycles. The number of nitrogens with zero attached hydrogens (tertiary/aromatic N) is 2. The smallest absolute Gasteiger partial charge is 0.153 e. The predicted molar refractivity (Wildman–Crippen MR) is 56.5 cm³/mol. The van der Waals surface area contributed by atoms with Gasteiger partial charge >= 0.3 is 0 Å². The molecule has 14 heavy (non-hydrogen) atoms. The minimum atomic E-state index is 0.715. The number of hydrogen-bond acceptors (Lipinski definition) is 2. The van der Waals surface area contributed by atoms with Crippen molar-refractivity contribution in [1.29, 1.82) is 0 Å². The molecule has 0 spiro atoms. The maximum absolute atomic E-state index is 10.7. The van der Waals surface area contributed by atoms with Gasteiger partial charge in [0.2, 0.25) is 0 Å². The molecule has 76 valence electrons. The quantitative estimate of drug-likeness (QED) is 0.544. The van der Waals surface area contributed by atoms with Crippen LogP contribution in [0.4, 0.5) is 0 Å². The maximum atomic E-state index is 10.7. The van der Waals surface area contributed by atoms with Crippen molar-refractivity contribution in [3.63, 3.8) is 0 Å². The molecule has 0 radical (unpaired) electrons. The van der Waals surface area contributed by atoms with E-state index in [0.717, 1.165) is 24.2 Å². The summed E-state index contributed by atoms with van der Waals surface area (Å²) in [5.74, 6) is 0. The van der Waals surface area contributed by atoms with Crippen molar-refractivity contribution in [2.75, 3.05) is 0 Å². The van der Waals surface area contributed by atoms with Gasteiger partial charge in [-0.1, -0.05) is 11.6 Å². The first-order chi connectivity index (χ1) is 6.56. The van der Waals surface area contributed by atoms with Gasteiger partial charge in [0.15, 0.2) is 6.29 Å². The Morgan fingerprint density at radius 3 is 2.50 bits per heavy atom. The number of carbonyl (C=O) groups is 1. The van der Waals surface area contributed by atoms with Crippen LogP contribution in [0.15, 0.2) is 11.6 Å². The molecule has 0 aromatic carbocycles. The van der Waals surface area contributed by atoms with E-state index in [9.17, 15) is 4.79 Å². The highest BCUT2D eigenvalue weighted by Gasteiger charge is 2.08. The fraction of sp³-hybridized carbons (Fsp3) is 0.455. The summed E-state index contributed by atoms with van der Waals surface area (Å²) in [6.07, 6.45) is 2.96. The molecule has 0 atom stereocenters. The fourth-order valence-corrected chi connectivity index (χ4v) is 1.33. The minimum absolute atomic E-state index is 0.715. The Bertz CT molecular complexity index is 371. The second-order valence-electron chi connectivity index (χ2n) is 3.67. The van der Waals surface area contributed by atoms with E-state index >= 15 is 0 Å². The van der Waals surface area contributed by atoms with Crippen molar-refractivity contribution in [3.05, 3.63) is 28.6 Å². The third kappa shape index (κ3) is 2.10. The van der Waals surface area contributed by atoms with Crippen molar-refractivity contribution in [1.82, 2.24) is 9.78 Å². The molecular weight excluding hydrogens is 176 g/mol. The van der Waals surface area contributed by atoms with Crippen LogP contribution in [-0.2, 0) is 6.54 Å². The molecular formula is C11H16N2O. The second kappa shape index (κ2) is 4.22. The van der Waals surface area contributed by atoms with E-state index in [-0.39, 0.29) is 0 Å². The van der Waals surface area contributed by atoms with Crippen LogP contribution in [0.25, 0.3) is 0 Å². The molecule has 0 aliphatic heterocycles. The maximum Gasteiger partial charge on any atom is 0.153 e. The molecule has 1 rings (SSSR count). The summed E-state index contributed by atoms with van der Waals surface area (Å²) in [6, 6.07) is 0. The summed E-state index contributed by atoms with van der Waals surface area (Å²) >= 11 is 0. The van der Waals surface area contributed by atoms with E-state index in [0.29, 0.717) is 5.56 Å². The Kier molecular flexibility index (Phi) is 3.23. The Labute approximate surface area is 84.4 Å². The van der Waals surface area contributed by atoms with Crippen molar-refractivity contribution < 1.29 is 4.79 Å². The largest absolute Gasteiger partial charge is 0.298 e. The van der Waals surface area contributed by atoms with E-state index < -0.39 is 0 Å². The van der Waals surface area contributed by atoms with Crippen LogP contribution >= 0.6 is 0 Å². The Balaban J connectivity index is 3.00. The SMILES string of the molecule is CC(C)=CCn1nc(C)c(C=O)c1C. The molecule has 0 unspecified atom stereocenters. The van der Waals surface area contributed by atoms with Gasteiger partial charge in [-0.2, -0.15) is 5.10 Å². The highest BCUT2D eigenvalue weighted by Crippen LogP contribution is 2.10. The van der Waals surface area contributed by atoms with Gasteiger partial charge in [-0.25, -0.2) is 0 Å². The first-order valence-electron chi connectivity index (χ1n) is 4.68. The highest BCUT2D eigenvalue weighted by atomic mass is 16.1. The van der Waals surface area contributed by atoms with Crippen molar-refractivity contribution in [3.8, 4) is 0 Å². The van der Waals surface area contributed by atoms with Crippen molar-refractivity contribution >= 4 is 6.29 Å². The predicted octanol–water partition coefficient (Wildman–Crippen LogP) is 2.28. The van der Waals surface area contributed by atoms with E-state index in [1.54, 1.807) is 0 Å². The lowest BCUT2D eigenvalue weighted by molar-refractivity contribution is 0.112. The van der Waals surface area contributed by atoms with Gasteiger partial charge in [-0.05, 0) is 27.7 Å². The third-order valence-electron chi connectivity index (χ3n) is 2.23. The summed E-state index contributed by atoms with van der Waals surface area (Å²) in [4.78, 5) is 10.7. The normalized spacial score (nSPS) is 10.0. The number of aldehydes is 1. The molecule has 0 N–H and O–H groups in total. The van der Waals surface area contributed by atoms with Gasteiger partial charge in [0.25, 0.3) is 0 Å². The third-order valence-corrected chi connectivity index (χ3v) is 2.23. The molecule has 3 heteroatoms. The lowest BCUT2D eigenvalue weighted by Gasteiger charge is -1.99. The van der Waals surface area contributed by atoms with Crippen molar-refractivity contribution in [2.45, 2.75) is 34.2 Å². The van der Waals surface area contributed by atoms with Crippen LogP contribution in [0.5, 0.6) is 0 Å². The van der Waals surface area contributed by atoms with Gasteiger partial charge < -0.3 is 0 Å². The molecule has 3 nitrogen and oxygen atoms in total. The zero-order valence-corrected chi connectivity index (χ0v) is 9.16. The number of allylic oxidation sites excluding steroid dienone is 2. The Morgan fingerprint density at radius 2 is 2.07 bits per heavy atom. The average molecular weight is 192 g/mol. The minimum Gasteiger partial charge on any atom is -0.298 e. The van der Waals surface area contributed by atoms with Gasteiger partial charge in [0, 0.05) is 5.69 Å². The van der Waals surface area contributed by atoms with E-state index in [4.69, 9.17) is 0 Å². The lowest BCUT2D eigenvalue weighted by atomic mass is 10.2. The van der Waals surface area contributed by atoms with Crippen LogP contribution in [0.3, 0.4) is 0 Å². The number of aromatic nitrogens is 2. The van der Waals surface area contributed by atoms with Crippen LogP contribution in [-0.4, -0.2) is 16.1 Å². The summed E-state index contributed by atoms with van der Waals surface area (Å²) < 4.78 is 1.85. The molecule has 0 amide bonds. The molecule has 1 aromatic heterocycles. The van der Waals surface area contributed by atoms with Gasteiger partial charge in [-0.15, -0.1) is 0 Å². The lowest BCUT2D eigenvalue weighted by Crippen LogP contribution is -2.00. The molecule has 0 saturated heterocycles. The summed E-state index contributed by atoms with van der Waals surface area (Å²) in [5, 5.41) is 4.29. The topological polar surface area (TPSA) is 34.9 Å². The first kappa shape index (κ1) is 10.7. The molecule has 0 saturated carbocycles. The molecule has 0 bridgehead atoms.